The Morgan fingerprint density at radius 2 is 2.42 bits per heavy atom. The summed E-state index contributed by atoms with van der Waals surface area (Å²) in [5.41, 5.74) is 6.33. The SMILES string of the molecule is CN(N)C(=O)C(N)c1cc[nH]c1. The van der Waals surface area contributed by atoms with Gasteiger partial charge in [0.2, 0.25) is 0 Å². The van der Waals surface area contributed by atoms with E-state index in [-0.39, 0.29) is 5.91 Å². The molecule has 5 N–H and O–H groups in total. The minimum absolute atomic E-state index is 0.311. The summed E-state index contributed by atoms with van der Waals surface area (Å²) in [6, 6.07) is 1.07. The number of nitrogens with one attached hydrogen (secondary N) is 1. The Balaban J connectivity index is 2.72. The molecule has 0 aliphatic rings. The first kappa shape index (κ1) is 8.76. The number of amides is 1. The molecule has 5 nitrogen and oxygen atoms in total. The average molecular weight is 168 g/mol. The second kappa shape index (κ2) is 3.38. The van der Waals surface area contributed by atoms with Gasteiger partial charge in [0.05, 0.1) is 0 Å². The Bertz CT molecular complexity index is 254. The number of aromatic amines is 1. The Hall–Kier alpha value is -1.33. The van der Waals surface area contributed by atoms with Crippen molar-refractivity contribution in [1.29, 1.82) is 0 Å². The van der Waals surface area contributed by atoms with Crippen LogP contribution in [0.4, 0.5) is 0 Å². The van der Waals surface area contributed by atoms with Crippen LogP contribution in [-0.4, -0.2) is 22.9 Å². The van der Waals surface area contributed by atoms with Gasteiger partial charge in [-0.05, 0) is 11.6 Å². The summed E-state index contributed by atoms with van der Waals surface area (Å²) in [5.74, 6) is 4.93. The highest BCUT2D eigenvalue weighted by molar-refractivity contribution is 5.82. The van der Waals surface area contributed by atoms with Crippen LogP contribution >= 0.6 is 0 Å². The Morgan fingerprint density at radius 1 is 1.75 bits per heavy atom. The van der Waals surface area contributed by atoms with Crippen molar-refractivity contribution in [3.8, 4) is 0 Å². The van der Waals surface area contributed by atoms with Crippen LogP contribution in [0.3, 0.4) is 0 Å². The van der Waals surface area contributed by atoms with Gasteiger partial charge in [0.15, 0.2) is 0 Å². The van der Waals surface area contributed by atoms with Gasteiger partial charge >= 0.3 is 0 Å². The van der Waals surface area contributed by atoms with Gasteiger partial charge in [0, 0.05) is 19.4 Å². The lowest BCUT2D eigenvalue weighted by Gasteiger charge is -2.14. The van der Waals surface area contributed by atoms with Gasteiger partial charge in [0.25, 0.3) is 5.91 Å². The van der Waals surface area contributed by atoms with Crippen molar-refractivity contribution in [3.05, 3.63) is 24.0 Å². The van der Waals surface area contributed by atoms with Gasteiger partial charge in [-0.3, -0.25) is 9.80 Å². The number of hydrogen-bond donors (Lipinski definition) is 3. The standard InChI is InChI=1S/C7H12N4O/c1-11(9)7(12)6(8)5-2-3-10-4-5/h2-4,6,10H,8-9H2,1H3. The van der Waals surface area contributed by atoms with Gasteiger partial charge < -0.3 is 10.7 Å². The largest absolute Gasteiger partial charge is 0.367 e. The predicted octanol–water partition coefficient (Wildman–Crippen LogP) is -0.653. The van der Waals surface area contributed by atoms with Crippen LogP contribution in [0, 0.1) is 0 Å². The average Bonchev–Trinajstić information content (AvgIpc) is 2.53. The molecule has 1 unspecified atom stereocenters. The van der Waals surface area contributed by atoms with E-state index in [0.29, 0.717) is 0 Å². The second-order valence-electron chi connectivity index (χ2n) is 2.57. The summed E-state index contributed by atoms with van der Waals surface area (Å²) >= 11 is 0. The smallest absolute Gasteiger partial charge is 0.257 e. The van der Waals surface area contributed by atoms with Gasteiger partial charge in [-0.2, -0.15) is 0 Å². The number of nitrogens with two attached hydrogens (primary N) is 2. The van der Waals surface area contributed by atoms with Crippen LogP contribution in [0.5, 0.6) is 0 Å². The van der Waals surface area contributed by atoms with Gasteiger partial charge in [-0.1, -0.05) is 0 Å². The van der Waals surface area contributed by atoms with Crippen LogP contribution in [0.15, 0.2) is 18.5 Å². The zero-order valence-electron chi connectivity index (χ0n) is 6.82. The van der Waals surface area contributed by atoms with E-state index in [1.807, 2.05) is 0 Å². The molecule has 5 heteroatoms. The fourth-order valence-corrected chi connectivity index (χ4v) is 0.892. The summed E-state index contributed by atoms with van der Waals surface area (Å²) < 4.78 is 0. The lowest BCUT2D eigenvalue weighted by atomic mass is 10.1. The minimum atomic E-state index is -0.675. The van der Waals surface area contributed by atoms with E-state index in [1.165, 1.54) is 7.05 Å². The number of carbonyl (C=O) groups is 1. The molecule has 1 aromatic heterocycles. The number of H-pyrrole nitrogens is 1. The maximum Gasteiger partial charge on any atom is 0.257 e. The molecule has 1 aromatic rings. The van der Waals surface area contributed by atoms with E-state index in [4.69, 9.17) is 11.6 Å². The van der Waals surface area contributed by atoms with Crippen molar-refractivity contribution in [1.82, 2.24) is 9.99 Å². The van der Waals surface area contributed by atoms with Gasteiger partial charge in [0.1, 0.15) is 6.04 Å². The van der Waals surface area contributed by atoms with Crippen molar-refractivity contribution in [2.45, 2.75) is 6.04 Å². The monoisotopic (exact) mass is 168 g/mol. The number of rotatable bonds is 2. The summed E-state index contributed by atoms with van der Waals surface area (Å²) in [6.07, 6.45) is 3.38. The van der Waals surface area contributed by atoms with Crippen LogP contribution < -0.4 is 11.6 Å². The summed E-state index contributed by atoms with van der Waals surface area (Å²) in [5, 5.41) is 0.984. The number of hydrogen-bond acceptors (Lipinski definition) is 3. The first-order valence-corrected chi connectivity index (χ1v) is 3.53. The maximum atomic E-state index is 11.2. The molecule has 1 atom stereocenters. The zero-order valence-corrected chi connectivity index (χ0v) is 6.82. The molecular weight excluding hydrogens is 156 g/mol. The summed E-state index contributed by atoms with van der Waals surface area (Å²) in [7, 11) is 1.47. The molecule has 0 spiro atoms. The fourth-order valence-electron chi connectivity index (χ4n) is 0.892. The molecule has 12 heavy (non-hydrogen) atoms. The molecule has 0 aliphatic carbocycles. The molecule has 0 bridgehead atoms. The second-order valence-corrected chi connectivity index (χ2v) is 2.57. The van der Waals surface area contributed by atoms with E-state index in [9.17, 15) is 4.79 Å². The summed E-state index contributed by atoms with van der Waals surface area (Å²) in [6.45, 7) is 0. The third kappa shape index (κ3) is 1.63. The van der Waals surface area contributed by atoms with Crippen molar-refractivity contribution < 1.29 is 4.79 Å². The molecule has 0 saturated heterocycles. The predicted molar refractivity (Wildman–Crippen MR) is 44.7 cm³/mol. The molecule has 66 valence electrons. The molecule has 0 fully saturated rings. The van der Waals surface area contributed by atoms with Crippen molar-refractivity contribution in [3.63, 3.8) is 0 Å². The first-order valence-electron chi connectivity index (χ1n) is 3.53. The maximum absolute atomic E-state index is 11.2. The highest BCUT2D eigenvalue weighted by Crippen LogP contribution is 2.09. The molecular formula is C7H12N4O. The molecule has 0 aromatic carbocycles. The molecule has 1 rings (SSSR count). The Labute approximate surface area is 70.3 Å². The van der Waals surface area contributed by atoms with Crippen molar-refractivity contribution in [2.75, 3.05) is 7.05 Å². The molecule has 1 amide bonds. The number of hydrazine groups is 1. The molecule has 0 radical (unpaired) electrons. The first-order chi connectivity index (χ1) is 5.63. The van der Waals surface area contributed by atoms with E-state index in [1.54, 1.807) is 18.5 Å². The summed E-state index contributed by atoms with van der Waals surface area (Å²) in [4.78, 5) is 14.0. The number of aromatic nitrogens is 1. The normalized spacial score (nSPS) is 12.6. The zero-order chi connectivity index (χ0) is 9.14. The molecule has 0 aliphatic heterocycles. The van der Waals surface area contributed by atoms with Gasteiger partial charge in [-0.15, -0.1) is 0 Å². The van der Waals surface area contributed by atoms with E-state index >= 15 is 0 Å². The quantitative estimate of drug-likeness (QED) is 0.311. The number of likely N-dealkylation sites (N-methyl/N-ethyl adjacent to an activating group) is 1. The van der Waals surface area contributed by atoms with Gasteiger partial charge in [-0.25, -0.2) is 5.84 Å². The van der Waals surface area contributed by atoms with Crippen LogP contribution in [0.2, 0.25) is 0 Å². The number of carbonyl (C=O) groups excluding carboxylic acids is 1. The van der Waals surface area contributed by atoms with E-state index < -0.39 is 6.04 Å². The highest BCUT2D eigenvalue weighted by Gasteiger charge is 2.17. The minimum Gasteiger partial charge on any atom is -0.367 e. The molecule has 1 heterocycles. The third-order valence-electron chi connectivity index (χ3n) is 1.59. The van der Waals surface area contributed by atoms with Crippen LogP contribution in [-0.2, 0) is 4.79 Å². The van der Waals surface area contributed by atoms with E-state index in [2.05, 4.69) is 4.98 Å². The van der Waals surface area contributed by atoms with Crippen LogP contribution in [0.25, 0.3) is 0 Å². The van der Waals surface area contributed by atoms with Crippen LogP contribution in [0.1, 0.15) is 11.6 Å². The van der Waals surface area contributed by atoms with Crippen molar-refractivity contribution >= 4 is 5.91 Å². The lowest BCUT2D eigenvalue weighted by Crippen LogP contribution is -2.40. The highest BCUT2D eigenvalue weighted by atomic mass is 16.2. The molecule has 0 saturated carbocycles. The topological polar surface area (TPSA) is 88.1 Å². The lowest BCUT2D eigenvalue weighted by molar-refractivity contribution is -0.131. The third-order valence-corrected chi connectivity index (χ3v) is 1.59. The number of nitrogens with zero attached hydrogens (tertiary/aromatic N) is 1. The van der Waals surface area contributed by atoms with E-state index in [0.717, 1.165) is 10.6 Å². The fraction of sp³-hybridized carbons (Fsp3) is 0.286. The Morgan fingerprint density at radius 3 is 2.83 bits per heavy atom. The van der Waals surface area contributed by atoms with Crippen molar-refractivity contribution in [2.24, 2.45) is 11.6 Å². The Kier molecular flexibility index (Phi) is 2.47.